The third kappa shape index (κ3) is 2.49. The van der Waals surface area contributed by atoms with Gasteiger partial charge in [0.05, 0.1) is 11.9 Å². The lowest BCUT2D eigenvalue weighted by Gasteiger charge is -2.09. The Balaban J connectivity index is 2.18. The average Bonchev–Trinajstić information content (AvgIpc) is 2.83. The molecule has 0 heterocycles. The number of hydrogen-bond acceptors (Lipinski definition) is 3. The Hall–Kier alpha value is -1.07. The monoisotopic (exact) mass is 227 g/mol. The summed E-state index contributed by atoms with van der Waals surface area (Å²) < 4.78 is 24.2. The molecule has 2 N–H and O–H groups in total. The van der Waals surface area contributed by atoms with Crippen molar-refractivity contribution in [2.24, 2.45) is 0 Å². The van der Waals surface area contributed by atoms with Crippen LogP contribution < -0.4 is 4.72 Å². The fraction of sp³-hybridized carbons (Fsp3) is 0.400. The van der Waals surface area contributed by atoms with E-state index in [-0.39, 0.29) is 0 Å². The highest BCUT2D eigenvalue weighted by Gasteiger charge is 2.41. The van der Waals surface area contributed by atoms with Crippen molar-refractivity contribution < 1.29 is 13.5 Å². The molecule has 0 unspecified atom stereocenters. The zero-order chi connectivity index (χ0) is 11.1. The SMILES string of the molecule is CS(=O)(=O)Nc1ccc(C2(O)CC2)cc1. The van der Waals surface area contributed by atoms with Gasteiger partial charge in [-0.1, -0.05) is 12.1 Å². The van der Waals surface area contributed by atoms with Crippen LogP contribution in [0.5, 0.6) is 0 Å². The van der Waals surface area contributed by atoms with Crippen LogP contribution >= 0.6 is 0 Å². The van der Waals surface area contributed by atoms with E-state index >= 15 is 0 Å². The maximum Gasteiger partial charge on any atom is 0.229 e. The Kier molecular flexibility index (Phi) is 2.24. The molecule has 0 atom stereocenters. The first-order valence-electron chi connectivity index (χ1n) is 4.70. The summed E-state index contributed by atoms with van der Waals surface area (Å²) in [6, 6.07) is 6.82. The predicted molar refractivity (Wildman–Crippen MR) is 58.0 cm³/mol. The molecule has 1 aliphatic carbocycles. The smallest absolute Gasteiger partial charge is 0.229 e. The molecular formula is C10H13NO3S. The largest absolute Gasteiger partial charge is 0.385 e. The maximum atomic E-state index is 10.9. The molecule has 0 aromatic heterocycles. The van der Waals surface area contributed by atoms with Crippen LogP contribution in [-0.4, -0.2) is 19.8 Å². The highest BCUT2D eigenvalue weighted by atomic mass is 32.2. The summed E-state index contributed by atoms with van der Waals surface area (Å²) in [5, 5.41) is 9.78. The Bertz CT molecular complexity index is 460. The van der Waals surface area contributed by atoms with Gasteiger partial charge in [-0.2, -0.15) is 0 Å². The van der Waals surface area contributed by atoms with Crippen molar-refractivity contribution in [3.63, 3.8) is 0 Å². The standard InChI is InChI=1S/C10H13NO3S/c1-15(13,14)11-9-4-2-8(3-5-9)10(12)6-7-10/h2-5,11-12H,6-7H2,1H3. The second-order valence-corrected chi connectivity index (χ2v) is 5.73. The molecule has 1 aromatic rings. The van der Waals surface area contributed by atoms with E-state index in [0.29, 0.717) is 5.69 Å². The number of nitrogens with one attached hydrogen (secondary N) is 1. The number of rotatable bonds is 3. The fourth-order valence-electron chi connectivity index (χ4n) is 1.47. The molecule has 0 amide bonds. The van der Waals surface area contributed by atoms with Crippen molar-refractivity contribution >= 4 is 15.7 Å². The summed E-state index contributed by atoms with van der Waals surface area (Å²) in [5.74, 6) is 0. The molecule has 0 spiro atoms. The summed E-state index contributed by atoms with van der Waals surface area (Å²) in [6.45, 7) is 0. The molecule has 1 aliphatic rings. The van der Waals surface area contributed by atoms with Gasteiger partial charge in [-0.05, 0) is 30.5 Å². The van der Waals surface area contributed by atoms with Gasteiger partial charge >= 0.3 is 0 Å². The molecule has 15 heavy (non-hydrogen) atoms. The van der Waals surface area contributed by atoms with Gasteiger partial charge in [-0.15, -0.1) is 0 Å². The Morgan fingerprint density at radius 3 is 2.20 bits per heavy atom. The van der Waals surface area contributed by atoms with Crippen LogP contribution in [0.2, 0.25) is 0 Å². The lowest BCUT2D eigenvalue weighted by molar-refractivity contribution is 0.151. The van der Waals surface area contributed by atoms with Gasteiger partial charge in [0.25, 0.3) is 0 Å². The summed E-state index contributed by atoms with van der Waals surface area (Å²) in [7, 11) is -3.22. The van der Waals surface area contributed by atoms with E-state index in [2.05, 4.69) is 4.72 Å². The molecular weight excluding hydrogens is 214 g/mol. The van der Waals surface area contributed by atoms with E-state index in [1.54, 1.807) is 24.3 Å². The van der Waals surface area contributed by atoms with E-state index in [4.69, 9.17) is 0 Å². The quantitative estimate of drug-likeness (QED) is 0.810. The average molecular weight is 227 g/mol. The molecule has 2 rings (SSSR count). The van der Waals surface area contributed by atoms with Crippen molar-refractivity contribution in [3.05, 3.63) is 29.8 Å². The van der Waals surface area contributed by atoms with E-state index in [0.717, 1.165) is 24.7 Å². The van der Waals surface area contributed by atoms with Gasteiger partial charge in [0, 0.05) is 5.69 Å². The number of hydrogen-bond donors (Lipinski definition) is 2. The van der Waals surface area contributed by atoms with Crippen molar-refractivity contribution in [3.8, 4) is 0 Å². The van der Waals surface area contributed by atoms with Crippen LogP contribution in [0.25, 0.3) is 0 Å². The third-order valence-electron chi connectivity index (χ3n) is 2.45. The number of aliphatic hydroxyl groups is 1. The van der Waals surface area contributed by atoms with E-state index < -0.39 is 15.6 Å². The molecule has 4 nitrogen and oxygen atoms in total. The lowest BCUT2D eigenvalue weighted by atomic mass is 10.1. The van der Waals surface area contributed by atoms with Crippen molar-refractivity contribution in [2.75, 3.05) is 11.0 Å². The molecule has 82 valence electrons. The molecule has 0 aliphatic heterocycles. The van der Waals surface area contributed by atoms with Crippen LogP contribution in [0.3, 0.4) is 0 Å². The molecule has 0 saturated heterocycles. The van der Waals surface area contributed by atoms with Crippen molar-refractivity contribution in [2.45, 2.75) is 18.4 Å². The molecule has 0 bridgehead atoms. The summed E-state index contributed by atoms with van der Waals surface area (Å²) >= 11 is 0. The van der Waals surface area contributed by atoms with E-state index in [1.165, 1.54) is 0 Å². The summed E-state index contributed by atoms with van der Waals surface area (Å²) in [6.07, 6.45) is 2.67. The van der Waals surface area contributed by atoms with E-state index in [9.17, 15) is 13.5 Å². The predicted octanol–water partition coefficient (Wildman–Crippen LogP) is 1.04. The van der Waals surface area contributed by atoms with Crippen LogP contribution in [0, 0.1) is 0 Å². The van der Waals surface area contributed by atoms with Crippen molar-refractivity contribution in [1.29, 1.82) is 0 Å². The Morgan fingerprint density at radius 1 is 1.27 bits per heavy atom. The van der Waals surface area contributed by atoms with Gasteiger partial charge in [-0.3, -0.25) is 4.72 Å². The number of anilines is 1. The maximum absolute atomic E-state index is 10.9. The normalized spacial score (nSPS) is 18.5. The third-order valence-corrected chi connectivity index (χ3v) is 3.06. The zero-order valence-electron chi connectivity index (χ0n) is 8.40. The minimum Gasteiger partial charge on any atom is -0.385 e. The molecule has 1 aromatic carbocycles. The minimum atomic E-state index is -3.22. The van der Waals surface area contributed by atoms with Crippen LogP contribution in [0.4, 0.5) is 5.69 Å². The molecule has 5 heteroatoms. The minimum absolute atomic E-state index is 0.519. The van der Waals surface area contributed by atoms with Crippen molar-refractivity contribution in [1.82, 2.24) is 0 Å². The fourth-order valence-corrected chi connectivity index (χ4v) is 2.03. The lowest BCUT2D eigenvalue weighted by Crippen LogP contribution is -2.10. The van der Waals surface area contributed by atoms with Gasteiger partial charge in [0.1, 0.15) is 0 Å². The molecule has 0 radical (unpaired) electrons. The summed E-state index contributed by atoms with van der Waals surface area (Å²) in [5.41, 5.74) is 0.705. The first kappa shape index (κ1) is 10.4. The number of sulfonamides is 1. The topological polar surface area (TPSA) is 66.4 Å². The van der Waals surface area contributed by atoms with Gasteiger partial charge < -0.3 is 5.11 Å². The molecule has 1 fully saturated rings. The Labute approximate surface area is 89.0 Å². The molecule has 1 saturated carbocycles. The van der Waals surface area contributed by atoms with Gasteiger partial charge in [0.15, 0.2) is 0 Å². The zero-order valence-corrected chi connectivity index (χ0v) is 9.21. The second kappa shape index (κ2) is 3.21. The second-order valence-electron chi connectivity index (χ2n) is 3.98. The highest BCUT2D eigenvalue weighted by Crippen LogP contribution is 2.45. The van der Waals surface area contributed by atoms with Gasteiger partial charge in [0.2, 0.25) is 10.0 Å². The highest BCUT2D eigenvalue weighted by molar-refractivity contribution is 7.92. The van der Waals surface area contributed by atoms with Crippen LogP contribution in [0.1, 0.15) is 18.4 Å². The first-order chi connectivity index (χ1) is 6.89. The first-order valence-corrected chi connectivity index (χ1v) is 6.59. The Morgan fingerprint density at radius 2 is 1.80 bits per heavy atom. The number of benzene rings is 1. The van der Waals surface area contributed by atoms with Gasteiger partial charge in [-0.25, -0.2) is 8.42 Å². The van der Waals surface area contributed by atoms with E-state index in [1.807, 2.05) is 0 Å². The van der Waals surface area contributed by atoms with Crippen LogP contribution in [-0.2, 0) is 15.6 Å². The summed E-state index contributed by atoms with van der Waals surface area (Å²) in [4.78, 5) is 0. The van der Waals surface area contributed by atoms with Crippen LogP contribution in [0.15, 0.2) is 24.3 Å².